The average molecular weight is 522 g/mol. The first kappa shape index (κ1) is 24.6. The number of aryl methyl sites for hydroxylation is 1. The number of benzene rings is 1. The van der Waals surface area contributed by atoms with Gasteiger partial charge in [-0.1, -0.05) is 18.9 Å². The molecule has 0 radical (unpaired) electrons. The van der Waals surface area contributed by atoms with Gasteiger partial charge >= 0.3 is 6.01 Å². The minimum Gasteiger partial charge on any atom is -0.461 e. The zero-order chi connectivity index (χ0) is 25.7. The normalized spacial score (nSPS) is 31.1. The first-order valence-electron chi connectivity index (χ1n) is 14.7. The van der Waals surface area contributed by atoms with Crippen LogP contribution < -0.4 is 15.4 Å². The highest BCUT2D eigenvalue weighted by Crippen LogP contribution is 2.47. The average Bonchev–Trinajstić information content (AvgIpc) is 3.29. The maximum atomic E-state index is 14.4. The SMILES string of the molecule is Nc1ccc2c(c1)C1(CCC2)Cc2nc(OC[C@@]34CCCN3C[C@H](F)C4)nc(N3CCCCCC3)c2CO1. The molecule has 2 aromatic rings. The molecule has 5 aliphatic rings. The van der Waals surface area contributed by atoms with E-state index in [-0.39, 0.29) is 5.54 Å². The van der Waals surface area contributed by atoms with E-state index < -0.39 is 11.8 Å². The van der Waals surface area contributed by atoms with E-state index in [0.717, 1.165) is 74.5 Å². The summed E-state index contributed by atoms with van der Waals surface area (Å²) in [5.74, 6) is 0.973. The summed E-state index contributed by atoms with van der Waals surface area (Å²) >= 11 is 0. The van der Waals surface area contributed by atoms with Crippen molar-refractivity contribution in [2.75, 3.05) is 43.4 Å². The molecular weight excluding hydrogens is 481 g/mol. The Morgan fingerprint density at radius 2 is 1.92 bits per heavy atom. The Labute approximate surface area is 224 Å². The second-order valence-corrected chi connectivity index (χ2v) is 12.3. The van der Waals surface area contributed by atoms with Crippen molar-refractivity contribution < 1.29 is 13.9 Å². The largest absolute Gasteiger partial charge is 0.461 e. The lowest BCUT2D eigenvalue weighted by atomic mass is 9.74. The summed E-state index contributed by atoms with van der Waals surface area (Å²) in [5, 5.41) is 0. The molecule has 1 spiro atoms. The fraction of sp³-hybridized carbons (Fsp3) is 0.667. The molecule has 0 saturated carbocycles. The third kappa shape index (κ3) is 4.24. The number of nitrogen functional groups attached to an aromatic ring is 1. The van der Waals surface area contributed by atoms with E-state index in [9.17, 15) is 4.39 Å². The molecule has 2 N–H and O–H groups in total. The van der Waals surface area contributed by atoms with Crippen LogP contribution in [0.15, 0.2) is 18.2 Å². The number of hydrogen-bond donors (Lipinski definition) is 1. The van der Waals surface area contributed by atoms with Crippen LogP contribution in [0.3, 0.4) is 0 Å². The minimum absolute atomic E-state index is 0.217. The van der Waals surface area contributed by atoms with Crippen LogP contribution in [0.25, 0.3) is 0 Å². The number of halogens is 1. The van der Waals surface area contributed by atoms with Gasteiger partial charge < -0.3 is 20.1 Å². The van der Waals surface area contributed by atoms with Gasteiger partial charge in [0.05, 0.1) is 23.4 Å². The molecule has 1 unspecified atom stereocenters. The standard InChI is InChI=1S/C30H40FN5O2/c31-22-16-29(10-6-14-36(29)18-22)20-37-28-33-26-17-30(11-5-7-21-8-9-23(32)15-25(21)30)38-19-24(26)27(34-28)35-12-3-1-2-4-13-35/h8-9,15,22H,1-7,10-14,16-20,32H2/t22-,29+,30?/m1/s1. The van der Waals surface area contributed by atoms with Crippen LogP contribution in [0, 0.1) is 0 Å². The molecule has 1 aliphatic carbocycles. The minimum atomic E-state index is -0.771. The van der Waals surface area contributed by atoms with Gasteiger partial charge in [0.15, 0.2) is 0 Å². The Kier molecular flexibility index (Phi) is 6.23. The molecular formula is C30H40FN5O2. The van der Waals surface area contributed by atoms with Gasteiger partial charge in [-0.3, -0.25) is 4.90 Å². The Morgan fingerprint density at radius 3 is 2.79 bits per heavy atom. The van der Waals surface area contributed by atoms with Crippen LogP contribution in [0.5, 0.6) is 6.01 Å². The van der Waals surface area contributed by atoms with Crippen molar-refractivity contribution >= 4 is 11.5 Å². The van der Waals surface area contributed by atoms with Crippen molar-refractivity contribution in [3.05, 3.63) is 40.6 Å². The Hall–Kier alpha value is -2.45. The molecule has 0 bridgehead atoms. The molecule has 38 heavy (non-hydrogen) atoms. The number of alkyl halides is 1. The number of rotatable bonds is 4. The smallest absolute Gasteiger partial charge is 0.318 e. The molecule has 4 aliphatic heterocycles. The van der Waals surface area contributed by atoms with E-state index in [4.69, 9.17) is 25.2 Å². The second kappa shape index (κ2) is 9.63. The quantitative estimate of drug-likeness (QED) is 0.585. The monoisotopic (exact) mass is 521 g/mol. The zero-order valence-corrected chi connectivity index (χ0v) is 22.4. The van der Waals surface area contributed by atoms with E-state index in [1.54, 1.807) is 0 Å². The summed E-state index contributed by atoms with van der Waals surface area (Å²) in [5.41, 5.74) is 11.1. The maximum Gasteiger partial charge on any atom is 0.318 e. The summed E-state index contributed by atoms with van der Waals surface area (Å²) in [6.45, 7) is 4.42. The first-order chi connectivity index (χ1) is 18.5. The van der Waals surface area contributed by atoms with Crippen molar-refractivity contribution in [2.24, 2.45) is 0 Å². The lowest BCUT2D eigenvalue weighted by Gasteiger charge is -2.43. The van der Waals surface area contributed by atoms with Gasteiger partial charge in [-0.15, -0.1) is 0 Å². The lowest BCUT2D eigenvalue weighted by Crippen LogP contribution is -2.44. The van der Waals surface area contributed by atoms with Gasteiger partial charge in [0.1, 0.15) is 18.6 Å². The number of nitrogens with two attached hydrogens (primary N) is 1. The number of nitrogens with zero attached hydrogens (tertiary/aromatic N) is 4. The van der Waals surface area contributed by atoms with Crippen molar-refractivity contribution in [3.63, 3.8) is 0 Å². The molecule has 1 aromatic carbocycles. The van der Waals surface area contributed by atoms with Crippen LogP contribution in [0.1, 0.15) is 80.2 Å². The highest BCUT2D eigenvalue weighted by molar-refractivity contribution is 5.54. The van der Waals surface area contributed by atoms with Crippen molar-refractivity contribution in [1.82, 2.24) is 14.9 Å². The molecule has 204 valence electrons. The summed E-state index contributed by atoms with van der Waals surface area (Å²) in [7, 11) is 0. The number of hydrogen-bond acceptors (Lipinski definition) is 7. The van der Waals surface area contributed by atoms with Crippen LogP contribution in [-0.2, 0) is 29.8 Å². The third-order valence-electron chi connectivity index (χ3n) is 9.78. The topological polar surface area (TPSA) is 76.7 Å². The van der Waals surface area contributed by atoms with Gasteiger partial charge in [-0.05, 0) is 74.8 Å². The van der Waals surface area contributed by atoms with Crippen LogP contribution >= 0.6 is 0 Å². The van der Waals surface area contributed by atoms with Gasteiger partial charge in [0.25, 0.3) is 0 Å². The third-order valence-corrected chi connectivity index (χ3v) is 9.78. The molecule has 3 saturated heterocycles. The predicted molar refractivity (Wildman–Crippen MR) is 145 cm³/mol. The predicted octanol–water partition coefficient (Wildman–Crippen LogP) is 4.70. The highest BCUT2D eigenvalue weighted by atomic mass is 19.1. The number of fused-ring (bicyclic) bond motifs is 4. The molecule has 3 atom stereocenters. The fourth-order valence-electron chi connectivity index (χ4n) is 7.85. The van der Waals surface area contributed by atoms with Gasteiger partial charge in [0.2, 0.25) is 0 Å². The van der Waals surface area contributed by atoms with Gasteiger partial charge in [-0.25, -0.2) is 4.39 Å². The number of ether oxygens (including phenoxy) is 2. The lowest BCUT2D eigenvalue weighted by molar-refractivity contribution is -0.0855. The second-order valence-electron chi connectivity index (χ2n) is 12.3. The zero-order valence-electron chi connectivity index (χ0n) is 22.4. The number of anilines is 2. The summed E-state index contributed by atoms with van der Waals surface area (Å²) in [4.78, 5) is 14.8. The van der Waals surface area contributed by atoms with Crippen LogP contribution in [0.2, 0.25) is 0 Å². The summed E-state index contributed by atoms with van der Waals surface area (Å²) < 4.78 is 27.6. The highest BCUT2D eigenvalue weighted by Gasteiger charge is 2.49. The molecule has 1 aromatic heterocycles. The molecule has 5 heterocycles. The molecule has 0 amide bonds. The van der Waals surface area contributed by atoms with E-state index in [1.165, 1.54) is 36.8 Å². The van der Waals surface area contributed by atoms with E-state index >= 15 is 0 Å². The molecule has 3 fully saturated rings. The van der Waals surface area contributed by atoms with Gasteiger partial charge in [-0.2, -0.15) is 9.97 Å². The summed E-state index contributed by atoms with van der Waals surface area (Å²) in [6, 6.07) is 6.70. The van der Waals surface area contributed by atoms with Crippen LogP contribution in [0.4, 0.5) is 15.9 Å². The van der Waals surface area contributed by atoms with E-state index in [0.29, 0.717) is 38.6 Å². The Bertz CT molecular complexity index is 1200. The molecule has 8 heteroatoms. The number of aromatic nitrogens is 2. The first-order valence-corrected chi connectivity index (χ1v) is 14.7. The fourth-order valence-corrected chi connectivity index (χ4v) is 7.85. The van der Waals surface area contributed by atoms with Gasteiger partial charge in [0, 0.05) is 43.7 Å². The Balaban J connectivity index is 1.24. The maximum absolute atomic E-state index is 14.4. The van der Waals surface area contributed by atoms with Crippen LogP contribution in [-0.4, -0.2) is 59.4 Å². The van der Waals surface area contributed by atoms with E-state index in [2.05, 4.69) is 21.9 Å². The van der Waals surface area contributed by atoms with Crippen molar-refractivity contribution in [3.8, 4) is 6.01 Å². The van der Waals surface area contributed by atoms with Crippen molar-refractivity contribution in [2.45, 2.75) is 94.5 Å². The summed E-state index contributed by atoms with van der Waals surface area (Å²) in [6.07, 6.45) is 10.5. The van der Waals surface area contributed by atoms with Crippen molar-refractivity contribution in [1.29, 1.82) is 0 Å². The molecule has 7 nitrogen and oxygen atoms in total. The Morgan fingerprint density at radius 1 is 1.05 bits per heavy atom. The molecule has 7 rings (SSSR count). The van der Waals surface area contributed by atoms with E-state index in [1.807, 2.05) is 6.07 Å².